The summed E-state index contributed by atoms with van der Waals surface area (Å²) in [4.78, 5) is 0. The second-order valence-corrected chi connectivity index (χ2v) is 4.63. The second kappa shape index (κ2) is 3.79. The van der Waals surface area contributed by atoms with Crippen molar-refractivity contribution < 1.29 is 0 Å². The van der Waals surface area contributed by atoms with E-state index in [2.05, 4.69) is 20.8 Å². The molecule has 1 saturated carbocycles. The second-order valence-electron chi connectivity index (χ2n) is 4.63. The van der Waals surface area contributed by atoms with Crippen LogP contribution in [0.3, 0.4) is 0 Å². The summed E-state index contributed by atoms with van der Waals surface area (Å²) < 4.78 is 2.00. The number of hydrogen-bond donors (Lipinski definition) is 1. The van der Waals surface area contributed by atoms with Crippen LogP contribution >= 0.6 is 0 Å². The van der Waals surface area contributed by atoms with Crippen molar-refractivity contribution >= 4 is 5.95 Å². The van der Waals surface area contributed by atoms with Crippen LogP contribution < -0.4 is 5.32 Å². The Labute approximate surface area is 89.2 Å². The maximum atomic E-state index is 4.11. The van der Waals surface area contributed by atoms with Gasteiger partial charge in [-0.3, -0.25) is 0 Å². The van der Waals surface area contributed by atoms with E-state index in [0.29, 0.717) is 6.04 Å². The van der Waals surface area contributed by atoms with E-state index in [4.69, 9.17) is 0 Å². The van der Waals surface area contributed by atoms with Crippen LogP contribution in [-0.4, -0.2) is 26.8 Å². The molecule has 1 aliphatic carbocycles. The highest BCUT2D eigenvalue weighted by molar-refractivity contribution is 5.24. The number of rotatable bonds is 1. The average molecular weight is 207 g/mol. The molecule has 1 aliphatic heterocycles. The van der Waals surface area contributed by atoms with E-state index in [-0.39, 0.29) is 0 Å². The summed E-state index contributed by atoms with van der Waals surface area (Å²) in [7, 11) is 0. The standard InChI is InChI=1S/C10H17N5/c1-2-4-8(5-3-1)9-6-7-11-10-12-13-14-15(9)10/h8-9H,1-7H2,(H,11,12,14). The molecule has 5 nitrogen and oxygen atoms in total. The molecule has 0 saturated heterocycles. The molecule has 3 rings (SSSR count). The molecule has 1 N–H and O–H groups in total. The number of aromatic nitrogens is 4. The largest absolute Gasteiger partial charge is 0.353 e. The van der Waals surface area contributed by atoms with Gasteiger partial charge in [0.15, 0.2) is 0 Å². The summed E-state index contributed by atoms with van der Waals surface area (Å²) >= 11 is 0. The summed E-state index contributed by atoms with van der Waals surface area (Å²) in [5.74, 6) is 1.65. The van der Waals surface area contributed by atoms with Crippen LogP contribution in [0.1, 0.15) is 44.6 Å². The zero-order valence-corrected chi connectivity index (χ0v) is 8.89. The Morgan fingerprint density at radius 2 is 2.00 bits per heavy atom. The van der Waals surface area contributed by atoms with E-state index >= 15 is 0 Å². The Kier molecular flexibility index (Phi) is 2.31. The topological polar surface area (TPSA) is 55.6 Å². The van der Waals surface area contributed by atoms with Gasteiger partial charge in [-0.15, -0.1) is 0 Å². The minimum atomic E-state index is 0.538. The summed E-state index contributed by atoms with van der Waals surface area (Å²) in [6.07, 6.45) is 8.04. The molecule has 0 amide bonds. The lowest BCUT2D eigenvalue weighted by Crippen LogP contribution is -2.30. The third-order valence-electron chi connectivity index (χ3n) is 3.72. The molecule has 5 heteroatoms. The maximum Gasteiger partial charge on any atom is 0.243 e. The summed E-state index contributed by atoms with van der Waals surface area (Å²) in [5, 5.41) is 15.1. The lowest BCUT2D eigenvalue weighted by atomic mass is 9.82. The van der Waals surface area contributed by atoms with Gasteiger partial charge in [-0.1, -0.05) is 24.4 Å². The van der Waals surface area contributed by atoms with E-state index in [9.17, 15) is 0 Å². The van der Waals surface area contributed by atoms with Crippen molar-refractivity contribution in [2.24, 2.45) is 5.92 Å². The molecule has 0 radical (unpaired) electrons. The normalized spacial score (nSPS) is 27.1. The zero-order valence-electron chi connectivity index (χ0n) is 8.89. The number of hydrogen-bond acceptors (Lipinski definition) is 4. The monoisotopic (exact) mass is 207 g/mol. The maximum absolute atomic E-state index is 4.11. The van der Waals surface area contributed by atoms with Gasteiger partial charge in [-0.05, 0) is 35.6 Å². The number of fused-ring (bicyclic) bond motifs is 1. The first-order valence-electron chi connectivity index (χ1n) is 5.97. The van der Waals surface area contributed by atoms with Gasteiger partial charge in [0.2, 0.25) is 5.95 Å². The Balaban J connectivity index is 1.82. The molecule has 1 fully saturated rings. The molecule has 15 heavy (non-hydrogen) atoms. The summed E-state index contributed by atoms with van der Waals surface area (Å²) in [5.41, 5.74) is 0. The molecule has 2 heterocycles. The van der Waals surface area contributed by atoms with Gasteiger partial charge in [0.25, 0.3) is 0 Å². The smallest absolute Gasteiger partial charge is 0.243 e. The van der Waals surface area contributed by atoms with Crippen molar-refractivity contribution in [2.75, 3.05) is 11.9 Å². The van der Waals surface area contributed by atoms with Crippen molar-refractivity contribution in [2.45, 2.75) is 44.6 Å². The van der Waals surface area contributed by atoms with Gasteiger partial charge in [-0.2, -0.15) is 0 Å². The SMILES string of the molecule is C1CCC(C2CCNc3nnnn32)CC1. The molecular weight excluding hydrogens is 190 g/mol. The van der Waals surface area contributed by atoms with E-state index in [1.165, 1.54) is 38.5 Å². The quantitative estimate of drug-likeness (QED) is 0.760. The Morgan fingerprint density at radius 3 is 2.87 bits per heavy atom. The van der Waals surface area contributed by atoms with Gasteiger partial charge in [0.1, 0.15) is 0 Å². The van der Waals surface area contributed by atoms with Crippen LogP contribution in [0, 0.1) is 5.92 Å². The van der Waals surface area contributed by atoms with E-state index in [1.54, 1.807) is 0 Å². The predicted octanol–water partition coefficient (Wildman–Crippen LogP) is 1.61. The molecule has 1 aromatic heterocycles. The lowest BCUT2D eigenvalue weighted by Gasteiger charge is -2.33. The highest BCUT2D eigenvalue weighted by Crippen LogP contribution is 2.36. The predicted molar refractivity (Wildman–Crippen MR) is 56.5 cm³/mol. The van der Waals surface area contributed by atoms with Crippen LogP contribution in [0.2, 0.25) is 0 Å². The van der Waals surface area contributed by atoms with E-state index in [1.807, 2.05) is 4.68 Å². The van der Waals surface area contributed by atoms with Crippen LogP contribution in [0.5, 0.6) is 0 Å². The van der Waals surface area contributed by atoms with E-state index in [0.717, 1.165) is 18.4 Å². The van der Waals surface area contributed by atoms with Gasteiger partial charge in [0, 0.05) is 6.54 Å². The van der Waals surface area contributed by atoms with Gasteiger partial charge < -0.3 is 5.32 Å². The fraction of sp³-hybridized carbons (Fsp3) is 0.900. The van der Waals surface area contributed by atoms with Crippen molar-refractivity contribution in [3.8, 4) is 0 Å². The molecule has 1 atom stereocenters. The van der Waals surface area contributed by atoms with Crippen LogP contribution in [0.4, 0.5) is 5.95 Å². The Bertz CT molecular complexity index is 328. The number of nitrogens with one attached hydrogen (secondary N) is 1. The van der Waals surface area contributed by atoms with Crippen molar-refractivity contribution in [3.05, 3.63) is 0 Å². The first kappa shape index (κ1) is 9.12. The minimum absolute atomic E-state index is 0.538. The van der Waals surface area contributed by atoms with Crippen molar-refractivity contribution in [1.82, 2.24) is 20.2 Å². The fourth-order valence-electron chi connectivity index (χ4n) is 2.94. The highest BCUT2D eigenvalue weighted by Gasteiger charge is 2.30. The molecule has 1 unspecified atom stereocenters. The fourth-order valence-corrected chi connectivity index (χ4v) is 2.94. The van der Waals surface area contributed by atoms with E-state index < -0.39 is 0 Å². The zero-order chi connectivity index (χ0) is 10.1. The average Bonchev–Trinajstić information content (AvgIpc) is 2.78. The molecule has 2 aliphatic rings. The van der Waals surface area contributed by atoms with Gasteiger partial charge >= 0.3 is 0 Å². The van der Waals surface area contributed by atoms with Crippen LogP contribution in [0.25, 0.3) is 0 Å². The van der Waals surface area contributed by atoms with Crippen molar-refractivity contribution in [1.29, 1.82) is 0 Å². The Hall–Kier alpha value is -1.13. The van der Waals surface area contributed by atoms with Gasteiger partial charge in [0.05, 0.1) is 6.04 Å². The Morgan fingerprint density at radius 1 is 1.13 bits per heavy atom. The summed E-state index contributed by atoms with van der Waals surface area (Å²) in [6.45, 7) is 1.02. The number of nitrogens with zero attached hydrogens (tertiary/aromatic N) is 4. The minimum Gasteiger partial charge on any atom is -0.353 e. The molecule has 0 aromatic carbocycles. The van der Waals surface area contributed by atoms with Crippen LogP contribution in [-0.2, 0) is 0 Å². The third kappa shape index (κ3) is 1.60. The number of tetrazole rings is 1. The van der Waals surface area contributed by atoms with Gasteiger partial charge in [-0.25, -0.2) is 4.68 Å². The van der Waals surface area contributed by atoms with Crippen molar-refractivity contribution in [3.63, 3.8) is 0 Å². The third-order valence-corrected chi connectivity index (χ3v) is 3.72. The van der Waals surface area contributed by atoms with Crippen LogP contribution in [0.15, 0.2) is 0 Å². The first-order chi connectivity index (χ1) is 7.45. The molecule has 82 valence electrons. The molecule has 1 aromatic rings. The lowest BCUT2D eigenvalue weighted by molar-refractivity contribution is 0.220. The highest BCUT2D eigenvalue weighted by atomic mass is 15.6. The molecular formula is C10H17N5. The number of anilines is 1. The molecule has 0 bridgehead atoms. The summed E-state index contributed by atoms with van der Waals surface area (Å²) in [6, 6.07) is 0.538. The molecule has 0 spiro atoms. The first-order valence-corrected chi connectivity index (χ1v) is 5.97.